The molecule has 18 heavy (non-hydrogen) atoms. The van der Waals surface area contributed by atoms with Crippen LogP contribution in [0.4, 0.5) is 4.39 Å². The molecular weight excluding hydrogens is 307 g/mol. The molecule has 1 fully saturated rings. The fraction of sp³-hybridized carbons (Fsp3) is 0.417. The molecule has 1 aromatic carbocycles. The van der Waals surface area contributed by atoms with Crippen LogP contribution in [0.1, 0.15) is 18.4 Å². The molecule has 1 saturated carbocycles. The molecule has 96 valence electrons. The fourth-order valence-corrected chi connectivity index (χ4v) is 2.66. The lowest BCUT2D eigenvalue weighted by Crippen LogP contribution is -2.25. The predicted octanol–water partition coefficient (Wildman–Crippen LogP) is 2.48. The largest absolute Gasteiger partial charge is 0.486 e. The minimum atomic E-state index is -1.15. The molecule has 4 nitrogen and oxygen atoms in total. The third-order valence-corrected chi connectivity index (χ3v) is 3.94. The van der Waals surface area contributed by atoms with E-state index in [1.54, 1.807) is 0 Å². The molecule has 1 heterocycles. The summed E-state index contributed by atoms with van der Waals surface area (Å²) in [5.41, 5.74) is -1.04. The van der Waals surface area contributed by atoms with Crippen LogP contribution >= 0.6 is 15.9 Å². The second-order valence-electron chi connectivity index (χ2n) is 4.46. The van der Waals surface area contributed by atoms with Gasteiger partial charge in [-0.3, -0.25) is 4.79 Å². The van der Waals surface area contributed by atoms with Crippen LogP contribution in [-0.2, 0) is 10.2 Å². The second kappa shape index (κ2) is 3.85. The molecule has 3 rings (SSSR count). The highest BCUT2D eigenvalue weighted by atomic mass is 79.9. The van der Waals surface area contributed by atoms with Crippen molar-refractivity contribution >= 4 is 21.9 Å². The summed E-state index contributed by atoms with van der Waals surface area (Å²) < 4.78 is 25.2. The zero-order chi connectivity index (χ0) is 12.9. The Labute approximate surface area is 111 Å². The molecule has 0 amide bonds. The molecule has 1 aliphatic carbocycles. The monoisotopic (exact) mass is 316 g/mol. The molecule has 0 spiro atoms. The van der Waals surface area contributed by atoms with Crippen LogP contribution < -0.4 is 9.47 Å². The summed E-state index contributed by atoms with van der Waals surface area (Å²) in [6.45, 7) is 0.682. The van der Waals surface area contributed by atoms with Gasteiger partial charge in [0.25, 0.3) is 0 Å². The number of aliphatic carboxylic acids is 1. The number of carbonyl (C=O) groups is 1. The molecule has 2 aliphatic rings. The number of hydrogen-bond donors (Lipinski definition) is 1. The molecular formula is C12H10BrFO4. The Morgan fingerprint density at radius 1 is 1.39 bits per heavy atom. The van der Waals surface area contributed by atoms with Crippen molar-refractivity contribution in [3.8, 4) is 11.5 Å². The highest BCUT2D eigenvalue weighted by molar-refractivity contribution is 9.10. The summed E-state index contributed by atoms with van der Waals surface area (Å²) in [7, 11) is 0. The van der Waals surface area contributed by atoms with Crippen LogP contribution in [0, 0.1) is 5.82 Å². The van der Waals surface area contributed by atoms with Gasteiger partial charge in [0.15, 0.2) is 11.5 Å². The number of fused-ring (bicyclic) bond motifs is 1. The minimum absolute atomic E-state index is 0.110. The molecule has 0 aromatic heterocycles. The summed E-state index contributed by atoms with van der Waals surface area (Å²) in [5.74, 6) is -0.950. The number of benzene rings is 1. The van der Waals surface area contributed by atoms with E-state index in [-0.39, 0.29) is 15.8 Å². The Hall–Kier alpha value is -1.30. The quantitative estimate of drug-likeness (QED) is 0.910. The first kappa shape index (κ1) is 11.8. The van der Waals surface area contributed by atoms with E-state index < -0.39 is 17.2 Å². The van der Waals surface area contributed by atoms with Crippen LogP contribution in [-0.4, -0.2) is 24.3 Å². The van der Waals surface area contributed by atoms with Crippen LogP contribution in [0.15, 0.2) is 10.5 Å². The van der Waals surface area contributed by atoms with E-state index >= 15 is 0 Å². The van der Waals surface area contributed by atoms with E-state index in [9.17, 15) is 14.3 Å². The predicted molar refractivity (Wildman–Crippen MR) is 63.6 cm³/mol. The van der Waals surface area contributed by atoms with Gasteiger partial charge >= 0.3 is 5.97 Å². The van der Waals surface area contributed by atoms with E-state index in [2.05, 4.69) is 15.9 Å². The summed E-state index contributed by atoms with van der Waals surface area (Å²) >= 11 is 3.09. The first-order valence-corrected chi connectivity index (χ1v) is 6.37. The third kappa shape index (κ3) is 1.51. The Morgan fingerprint density at radius 3 is 2.67 bits per heavy atom. The van der Waals surface area contributed by atoms with Crippen molar-refractivity contribution in [1.29, 1.82) is 0 Å². The number of carboxylic acid groups (broad SMARTS) is 1. The van der Waals surface area contributed by atoms with Crippen molar-refractivity contribution in [1.82, 2.24) is 0 Å². The molecule has 6 heteroatoms. The van der Waals surface area contributed by atoms with Crippen LogP contribution in [0.25, 0.3) is 0 Å². The Kier molecular flexibility index (Phi) is 2.52. The maximum atomic E-state index is 14.2. The van der Waals surface area contributed by atoms with Crippen molar-refractivity contribution in [2.24, 2.45) is 0 Å². The Balaban J connectivity index is 2.24. The van der Waals surface area contributed by atoms with Gasteiger partial charge in [0, 0.05) is 6.07 Å². The van der Waals surface area contributed by atoms with Gasteiger partial charge in [-0.15, -0.1) is 0 Å². The second-order valence-corrected chi connectivity index (χ2v) is 5.31. The van der Waals surface area contributed by atoms with Gasteiger partial charge in [0.1, 0.15) is 19.0 Å². The first-order valence-electron chi connectivity index (χ1n) is 5.58. The number of carboxylic acids is 1. The number of hydrogen-bond acceptors (Lipinski definition) is 3. The standard InChI is InChI=1S/C12H10BrFO4/c13-6-5-7-10(18-4-3-17-7)8(9(6)14)12(1-2-12)11(15)16/h5H,1-4H2,(H,15,16). The molecule has 1 aliphatic heterocycles. The topological polar surface area (TPSA) is 55.8 Å². The average molecular weight is 317 g/mol. The van der Waals surface area contributed by atoms with Gasteiger partial charge in [-0.1, -0.05) is 0 Å². The van der Waals surface area contributed by atoms with Gasteiger partial charge in [0.2, 0.25) is 0 Å². The highest BCUT2D eigenvalue weighted by Gasteiger charge is 2.56. The molecule has 0 unspecified atom stereocenters. The van der Waals surface area contributed by atoms with Crippen LogP contribution in [0.5, 0.6) is 11.5 Å². The molecule has 1 aromatic rings. The molecule has 1 N–H and O–H groups in total. The van der Waals surface area contributed by atoms with E-state index in [4.69, 9.17) is 9.47 Å². The van der Waals surface area contributed by atoms with Crippen molar-refractivity contribution in [2.45, 2.75) is 18.3 Å². The van der Waals surface area contributed by atoms with E-state index in [1.165, 1.54) is 6.07 Å². The van der Waals surface area contributed by atoms with Gasteiger partial charge in [0.05, 0.1) is 15.5 Å². The molecule has 0 radical (unpaired) electrons. The van der Waals surface area contributed by atoms with Crippen LogP contribution in [0.3, 0.4) is 0 Å². The van der Waals surface area contributed by atoms with Gasteiger partial charge < -0.3 is 14.6 Å². The lowest BCUT2D eigenvalue weighted by Gasteiger charge is -2.24. The molecule has 0 atom stereocenters. The van der Waals surface area contributed by atoms with Crippen molar-refractivity contribution in [3.05, 3.63) is 21.9 Å². The van der Waals surface area contributed by atoms with Crippen molar-refractivity contribution in [2.75, 3.05) is 13.2 Å². The average Bonchev–Trinajstić information content (AvgIpc) is 3.12. The summed E-state index contributed by atoms with van der Waals surface area (Å²) in [4.78, 5) is 11.4. The van der Waals surface area contributed by atoms with E-state index in [1.807, 2.05) is 0 Å². The maximum absolute atomic E-state index is 14.2. The molecule has 0 saturated heterocycles. The van der Waals surface area contributed by atoms with Gasteiger partial charge in [-0.2, -0.15) is 0 Å². The molecule has 0 bridgehead atoms. The summed E-state index contributed by atoms with van der Waals surface area (Å²) in [5, 5.41) is 9.30. The zero-order valence-corrected chi connectivity index (χ0v) is 10.9. The highest BCUT2D eigenvalue weighted by Crippen LogP contribution is 2.56. The Bertz CT molecular complexity index is 539. The fourth-order valence-electron chi connectivity index (χ4n) is 2.26. The normalized spacial score (nSPS) is 19.4. The smallest absolute Gasteiger partial charge is 0.314 e. The van der Waals surface area contributed by atoms with Gasteiger partial charge in [-0.05, 0) is 28.8 Å². The van der Waals surface area contributed by atoms with E-state index in [0.29, 0.717) is 31.8 Å². The number of rotatable bonds is 2. The zero-order valence-electron chi connectivity index (χ0n) is 9.33. The summed E-state index contributed by atoms with van der Waals surface area (Å²) in [6.07, 6.45) is 0.844. The maximum Gasteiger partial charge on any atom is 0.314 e. The van der Waals surface area contributed by atoms with Crippen molar-refractivity contribution < 1.29 is 23.8 Å². The van der Waals surface area contributed by atoms with Crippen LogP contribution in [0.2, 0.25) is 0 Å². The SMILES string of the molecule is O=C(O)C1(c2c(F)c(Br)cc3c2OCCO3)CC1. The number of ether oxygens (including phenoxy) is 2. The first-order chi connectivity index (χ1) is 8.56. The van der Waals surface area contributed by atoms with Crippen molar-refractivity contribution in [3.63, 3.8) is 0 Å². The lowest BCUT2D eigenvalue weighted by molar-refractivity contribution is -0.140. The third-order valence-electron chi connectivity index (χ3n) is 3.36. The van der Waals surface area contributed by atoms with E-state index in [0.717, 1.165) is 0 Å². The van der Waals surface area contributed by atoms with Gasteiger partial charge in [-0.25, -0.2) is 4.39 Å². The Morgan fingerprint density at radius 2 is 2.06 bits per heavy atom. The lowest BCUT2D eigenvalue weighted by atomic mass is 9.94. The minimum Gasteiger partial charge on any atom is -0.486 e. The number of halogens is 2. The summed E-state index contributed by atoms with van der Waals surface area (Å²) in [6, 6.07) is 1.48.